The smallest absolute Gasteiger partial charge is 0.222 e. The minimum absolute atomic E-state index is 0.177. The summed E-state index contributed by atoms with van der Waals surface area (Å²) in [4.78, 5) is 28.6. The number of fused-ring (bicyclic) bond motifs is 1. The summed E-state index contributed by atoms with van der Waals surface area (Å²) < 4.78 is 1.95. The van der Waals surface area contributed by atoms with E-state index in [2.05, 4.69) is 11.9 Å². The zero-order valence-corrected chi connectivity index (χ0v) is 10.1. The fraction of sp³-hybridized carbons (Fsp3) is 0.583. The molecule has 0 unspecified atom stereocenters. The predicted octanol–water partition coefficient (Wildman–Crippen LogP) is 1.23. The molecule has 1 aliphatic rings. The molecule has 1 aromatic rings. The second kappa shape index (κ2) is 5.12. The number of carbonyl (C=O) groups is 2. The van der Waals surface area contributed by atoms with E-state index in [9.17, 15) is 9.59 Å². The Labute approximate surface area is 100 Å². The molecule has 0 atom stereocenters. The van der Waals surface area contributed by atoms with Crippen molar-refractivity contribution in [2.45, 2.75) is 39.3 Å². The highest BCUT2D eigenvalue weighted by Crippen LogP contribution is 2.16. The third-order valence-electron chi connectivity index (χ3n) is 3.14. The maximum atomic E-state index is 11.9. The summed E-state index contributed by atoms with van der Waals surface area (Å²) in [6.45, 7) is 4.03. The number of hydrogen-bond donors (Lipinski definition) is 0. The molecule has 2 heterocycles. The molecule has 5 nitrogen and oxygen atoms in total. The van der Waals surface area contributed by atoms with Crippen LogP contribution < -0.4 is 0 Å². The molecule has 0 radical (unpaired) electrons. The van der Waals surface area contributed by atoms with Gasteiger partial charge < -0.3 is 9.47 Å². The van der Waals surface area contributed by atoms with Crippen LogP contribution in [0.3, 0.4) is 0 Å². The van der Waals surface area contributed by atoms with E-state index in [1.54, 1.807) is 6.33 Å². The Morgan fingerprint density at radius 1 is 1.53 bits per heavy atom. The van der Waals surface area contributed by atoms with E-state index in [1.807, 2.05) is 9.47 Å². The number of carbonyl (C=O) groups excluding carboxylic acids is 2. The molecule has 1 amide bonds. The van der Waals surface area contributed by atoms with Crippen LogP contribution in [0.25, 0.3) is 0 Å². The lowest BCUT2D eigenvalue weighted by molar-refractivity contribution is -0.132. The van der Waals surface area contributed by atoms with Crippen LogP contribution in [0.15, 0.2) is 6.33 Å². The highest BCUT2D eigenvalue weighted by Gasteiger charge is 2.22. The summed E-state index contributed by atoms with van der Waals surface area (Å²) in [5.41, 5.74) is 1.31. The van der Waals surface area contributed by atoms with E-state index >= 15 is 0 Å². The minimum Gasteiger partial charge on any atom is -0.335 e. The van der Waals surface area contributed by atoms with Crippen molar-refractivity contribution in [2.24, 2.45) is 0 Å². The van der Waals surface area contributed by atoms with Crippen LogP contribution in [-0.2, 0) is 17.9 Å². The minimum atomic E-state index is 0.177. The fourth-order valence-electron chi connectivity index (χ4n) is 2.07. The van der Waals surface area contributed by atoms with E-state index in [-0.39, 0.29) is 5.91 Å². The van der Waals surface area contributed by atoms with Crippen molar-refractivity contribution in [3.8, 4) is 0 Å². The number of amides is 1. The second-order valence-corrected chi connectivity index (χ2v) is 4.31. The van der Waals surface area contributed by atoms with Gasteiger partial charge in [-0.25, -0.2) is 4.98 Å². The van der Waals surface area contributed by atoms with Crippen LogP contribution in [0.2, 0.25) is 0 Å². The molecule has 2 rings (SSSR count). The molecule has 1 aromatic heterocycles. The summed E-state index contributed by atoms with van der Waals surface area (Å²) in [5, 5.41) is 0. The van der Waals surface area contributed by atoms with Gasteiger partial charge in [-0.05, 0) is 6.42 Å². The van der Waals surface area contributed by atoms with Gasteiger partial charge in [0.05, 0.1) is 18.6 Å². The van der Waals surface area contributed by atoms with Crippen LogP contribution in [0.5, 0.6) is 0 Å². The number of aromatic nitrogens is 2. The quantitative estimate of drug-likeness (QED) is 0.737. The molecule has 92 valence electrons. The Hall–Kier alpha value is -1.65. The molecule has 0 saturated heterocycles. The van der Waals surface area contributed by atoms with Crippen LogP contribution >= 0.6 is 0 Å². The largest absolute Gasteiger partial charge is 0.335 e. The Kier molecular flexibility index (Phi) is 3.56. The number of rotatable bonds is 4. The highest BCUT2D eigenvalue weighted by molar-refractivity contribution is 5.77. The zero-order chi connectivity index (χ0) is 12.3. The first-order valence-electron chi connectivity index (χ1n) is 6.03. The molecule has 0 N–H and O–H groups in total. The van der Waals surface area contributed by atoms with E-state index in [4.69, 9.17) is 0 Å². The molecule has 0 spiro atoms. The van der Waals surface area contributed by atoms with Crippen molar-refractivity contribution in [1.29, 1.82) is 0 Å². The van der Waals surface area contributed by atoms with Crippen LogP contribution in [0.1, 0.15) is 42.4 Å². The predicted molar refractivity (Wildman–Crippen MR) is 62.6 cm³/mol. The first kappa shape index (κ1) is 11.8. The standard InChI is InChI=1S/C12H17N3O2/c1-2-3-4-12(17)14-5-6-15-9-13-10(8-16)11(15)7-14/h8-9H,2-7H2,1H3. The van der Waals surface area contributed by atoms with Gasteiger partial charge >= 0.3 is 0 Å². The lowest BCUT2D eigenvalue weighted by atomic mass is 10.2. The van der Waals surface area contributed by atoms with Gasteiger partial charge in [0.1, 0.15) is 5.69 Å². The van der Waals surface area contributed by atoms with Gasteiger partial charge in [-0.1, -0.05) is 13.3 Å². The molecule has 17 heavy (non-hydrogen) atoms. The SMILES string of the molecule is CCCCC(=O)N1CCn2cnc(C=O)c2C1. The lowest BCUT2D eigenvalue weighted by Crippen LogP contribution is -2.38. The Bertz CT molecular complexity index is 425. The fourth-order valence-corrected chi connectivity index (χ4v) is 2.07. The summed E-state index contributed by atoms with van der Waals surface area (Å²) in [7, 11) is 0. The average molecular weight is 235 g/mol. The molecule has 0 saturated carbocycles. The Morgan fingerprint density at radius 2 is 2.35 bits per heavy atom. The van der Waals surface area contributed by atoms with Crippen molar-refractivity contribution in [3.05, 3.63) is 17.7 Å². The number of unbranched alkanes of at least 4 members (excludes halogenated alkanes) is 1. The molecular formula is C12H17N3O2. The third-order valence-corrected chi connectivity index (χ3v) is 3.14. The van der Waals surface area contributed by atoms with E-state index in [1.165, 1.54) is 0 Å². The summed E-state index contributed by atoms with van der Waals surface area (Å²) in [6.07, 6.45) is 4.98. The van der Waals surface area contributed by atoms with Gasteiger partial charge in [-0.3, -0.25) is 9.59 Å². The van der Waals surface area contributed by atoms with Crippen LogP contribution in [-0.4, -0.2) is 33.2 Å². The van der Waals surface area contributed by atoms with Crippen LogP contribution in [0.4, 0.5) is 0 Å². The maximum Gasteiger partial charge on any atom is 0.222 e. The van der Waals surface area contributed by atoms with Gasteiger partial charge in [0, 0.05) is 19.5 Å². The Balaban J connectivity index is 2.06. The number of aldehydes is 1. The molecule has 5 heteroatoms. The van der Waals surface area contributed by atoms with Crippen molar-refractivity contribution < 1.29 is 9.59 Å². The lowest BCUT2D eigenvalue weighted by Gasteiger charge is -2.28. The molecule has 0 aromatic carbocycles. The van der Waals surface area contributed by atoms with Gasteiger partial charge in [0.15, 0.2) is 6.29 Å². The summed E-state index contributed by atoms with van der Waals surface area (Å²) in [5.74, 6) is 0.177. The van der Waals surface area contributed by atoms with Crippen LogP contribution in [0, 0.1) is 0 Å². The van der Waals surface area contributed by atoms with Crippen molar-refractivity contribution >= 4 is 12.2 Å². The first-order valence-corrected chi connectivity index (χ1v) is 6.03. The van der Waals surface area contributed by atoms with Crippen molar-refractivity contribution in [3.63, 3.8) is 0 Å². The molecule has 0 aliphatic carbocycles. The Morgan fingerprint density at radius 3 is 3.06 bits per heavy atom. The third kappa shape index (κ3) is 2.38. The monoisotopic (exact) mass is 235 g/mol. The number of imidazole rings is 1. The normalized spacial score (nSPS) is 14.5. The van der Waals surface area contributed by atoms with Gasteiger partial charge in [-0.15, -0.1) is 0 Å². The van der Waals surface area contributed by atoms with Gasteiger partial charge in [-0.2, -0.15) is 0 Å². The van der Waals surface area contributed by atoms with E-state index in [0.29, 0.717) is 25.2 Å². The first-order chi connectivity index (χ1) is 8.26. The molecular weight excluding hydrogens is 218 g/mol. The van der Waals surface area contributed by atoms with E-state index < -0.39 is 0 Å². The zero-order valence-electron chi connectivity index (χ0n) is 10.1. The van der Waals surface area contributed by atoms with E-state index in [0.717, 1.165) is 31.4 Å². The van der Waals surface area contributed by atoms with Crippen molar-refractivity contribution in [2.75, 3.05) is 6.54 Å². The van der Waals surface area contributed by atoms with Gasteiger partial charge in [0.2, 0.25) is 5.91 Å². The molecule has 0 fully saturated rings. The molecule has 0 bridgehead atoms. The summed E-state index contributed by atoms with van der Waals surface area (Å²) in [6, 6.07) is 0. The number of nitrogens with zero attached hydrogens (tertiary/aromatic N) is 3. The number of hydrogen-bond acceptors (Lipinski definition) is 3. The van der Waals surface area contributed by atoms with Crippen molar-refractivity contribution in [1.82, 2.24) is 14.5 Å². The maximum absolute atomic E-state index is 11.9. The topological polar surface area (TPSA) is 55.2 Å². The molecule has 1 aliphatic heterocycles. The highest BCUT2D eigenvalue weighted by atomic mass is 16.2. The second-order valence-electron chi connectivity index (χ2n) is 4.31. The van der Waals surface area contributed by atoms with Gasteiger partial charge in [0.25, 0.3) is 0 Å². The average Bonchev–Trinajstić information content (AvgIpc) is 2.77. The summed E-state index contributed by atoms with van der Waals surface area (Å²) >= 11 is 0.